The Morgan fingerprint density at radius 2 is 2.07 bits per heavy atom. The van der Waals surface area contributed by atoms with Gasteiger partial charge in [0.15, 0.2) is 9.84 Å². The number of sulfone groups is 1. The summed E-state index contributed by atoms with van der Waals surface area (Å²) in [6.45, 7) is 6.18. The smallest absolute Gasteiger partial charge is 0.153 e. The third-order valence-electron chi connectivity index (χ3n) is 3.21. The van der Waals surface area contributed by atoms with Crippen molar-refractivity contribution in [3.63, 3.8) is 0 Å². The number of likely N-dealkylation sites (N-methyl/N-ethyl adjacent to an activating group) is 1. The third-order valence-corrected chi connectivity index (χ3v) is 5.36. The Morgan fingerprint density at radius 3 is 2.47 bits per heavy atom. The Hall–Kier alpha value is -0.130. The monoisotopic (exact) mass is 234 g/mol. The number of nitrogens with one attached hydrogen (secondary N) is 1. The van der Waals surface area contributed by atoms with Gasteiger partial charge < -0.3 is 10.2 Å². The van der Waals surface area contributed by atoms with Crippen molar-refractivity contribution in [2.75, 3.05) is 32.9 Å². The molecule has 1 aliphatic heterocycles. The van der Waals surface area contributed by atoms with Gasteiger partial charge >= 0.3 is 0 Å². The van der Waals surface area contributed by atoms with Crippen molar-refractivity contribution in [1.82, 2.24) is 10.2 Å². The quantitative estimate of drug-likeness (QED) is 0.750. The predicted octanol–water partition coefficient (Wildman–Crippen LogP) is 0.103. The number of hydrogen-bond donors (Lipinski definition) is 1. The van der Waals surface area contributed by atoms with E-state index in [0.717, 1.165) is 19.5 Å². The molecule has 0 bridgehead atoms. The van der Waals surface area contributed by atoms with Crippen LogP contribution in [0.4, 0.5) is 0 Å². The molecule has 0 saturated carbocycles. The zero-order chi connectivity index (χ0) is 11.7. The van der Waals surface area contributed by atoms with Crippen LogP contribution in [0.2, 0.25) is 0 Å². The number of nitrogens with zero attached hydrogens (tertiary/aromatic N) is 1. The molecule has 1 rings (SSSR count). The van der Waals surface area contributed by atoms with Gasteiger partial charge in [0.05, 0.1) is 4.75 Å². The second-order valence-corrected chi connectivity index (χ2v) is 7.81. The minimum atomic E-state index is -2.98. The lowest BCUT2D eigenvalue weighted by Gasteiger charge is -2.25. The lowest BCUT2D eigenvalue weighted by atomic mass is 10.2. The highest BCUT2D eigenvalue weighted by Crippen LogP contribution is 2.15. The molecule has 5 heteroatoms. The van der Waals surface area contributed by atoms with Crippen LogP contribution in [-0.4, -0.2) is 57.0 Å². The summed E-state index contributed by atoms with van der Waals surface area (Å²) in [5.41, 5.74) is 0. The molecule has 0 aromatic rings. The van der Waals surface area contributed by atoms with Crippen molar-refractivity contribution < 1.29 is 8.42 Å². The van der Waals surface area contributed by atoms with E-state index in [2.05, 4.69) is 17.3 Å². The van der Waals surface area contributed by atoms with Gasteiger partial charge in [-0.25, -0.2) is 8.42 Å². The van der Waals surface area contributed by atoms with Crippen molar-refractivity contribution in [3.05, 3.63) is 0 Å². The summed E-state index contributed by atoms with van der Waals surface area (Å²) in [5.74, 6) is 0. The lowest BCUT2D eigenvalue weighted by molar-refractivity contribution is 0.392. The van der Waals surface area contributed by atoms with Gasteiger partial charge in [-0.2, -0.15) is 0 Å². The van der Waals surface area contributed by atoms with E-state index in [1.807, 2.05) is 0 Å². The third kappa shape index (κ3) is 3.43. The van der Waals surface area contributed by atoms with Gasteiger partial charge in [0, 0.05) is 25.4 Å². The first kappa shape index (κ1) is 12.9. The van der Waals surface area contributed by atoms with Gasteiger partial charge in [-0.3, -0.25) is 0 Å². The van der Waals surface area contributed by atoms with Gasteiger partial charge in [-0.05, 0) is 33.9 Å². The van der Waals surface area contributed by atoms with Crippen LogP contribution in [0.5, 0.6) is 0 Å². The average molecular weight is 234 g/mol. The van der Waals surface area contributed by atoms with E-state index in [9.17, 15) is 8.42 Å². The highest BCUT2D eigenvalue weighted by atomic mass is 32.2. The summed E-state index contributed by atoms with van der Waals surface area (Å²) in [4.78, 5) is 2.26. The first-order chi connectivity index (χ1) is 6.72. The van der Waals surface area contributed by atoms with E-state index < -0.39 is 14.6 Å². The van der Waals surface area contributed by atoms with E-state index in [0.29, 0.717) is 12.6 Å². The largest absolute Gasteiger partial charge is 0.311 e. The van der Waals surface area contributed by atoms with Gasteiger partial charge in [-0.1, -0.05) is 0 Å². The van der Waals surface area contributed by atoms with Crippen LogP contribution < -0.4 is 5.32 Å². The molecule has 1 heterocycles. The molecular formula is C10H22N2O2S. The van der Waals surface area contributed by atoms with Crippen molar-refractivity contribution in [2.24, 2.45) is 0 Å². The Morgan fingerprint density at radius 1 is 1.47 bits per heavy atom. The van der Waals surface area contributed by atoms with Crippen LogP contribution in [0, 0.1) is 0 Å². The molecule has 1 aliphatic rings. The molecule has 1 fully saturated rings. The Balaban J connectivity index is 2.43. The van der Waals surface area contributed by atoms with E-state index in [4.69, 9.17) is 0 Å². The summed E-state index contributed by atoms with van der Waals surface area (Å²) < 4.78 is 22.3. The van der Waals surface area contributed by atoms with Gasteiger partial charge in [0.1, 0.15) is 0 Å². The van der Waals surface area contributed by atoms with Crippen molar-refractivity contribution in [1.29, 1.82) is 0 Å². The normalized spacial score (nSPS) is 24.7. The lowest BCUT2D eigenvalue weighted by Crippen LogP contribution is -2.45. The van der Waals surface area contributed by atoms with E-state index in [1.54, 1.807) is 13.8 Å². The van der Waals surface area contributed by atoms with Crippen molar-refractivity contribution in [2.45, 2.75) is 31.1 Å². The van der Waals surface area contributed by atoms with E-state index in [1.165, 1.54) is 6.26 Å². The van der Waals surface area contributed by atoms with Gasteiger partial charge in [0.25, 0.3) is 0 Å². The summed E-state index contributed by atoms with van der Waals surface area (Å²) in [6, 6.07) is 0.441. The number of hydrogen-bond acceptors (Lipinski definition) is 4. The van der Waals surface area contributed by atoms with Crippen LogP contribution >= 0.6 is 0 Å². The fourth-order valence-electron chi connectivity index (χ4n) is 1.62. The molecule has 1 N–H and O–H groups in total. The molecular weight excluding hydrogens is 212 g/mol. The number of likely N-dealkylation sites (tertiary alicyclic amines) is 1. The standard InChI is InChI=1S/C10H22N2O2S/c1-10(2,15(4,13)14)8-11-9-5-6-12(3)7-9/h9,11H,5-8H2,1-4H3. The first-order valence-electron chi connectivity index (χ1n) is 5.34. The Bertz CT molecular complexity index is 311. The molecule has 0 spiro atoms. The van der Waals surface area contributed by atoms with Crippen LogP contribution in [-0.2, 0) is 9.84 Å². The minimum absolute atomic E-state index is 0.441. The van der Waals surface area contributed by atoms with Crippen LogP contribution in [0.1, 0.15) is 20.3 Å². The Kier molecular flexibility index (Phi) is 3.79. The first-order valence-corrected chi connectivity index (χ1v) is 7.23. The molecule has 0 amide bonds. The summed E-state index contributed by atoms with van der Waals surface area (Å²) in [7, 11) is -0.897. The predicted molar refractivity (Wildman–Crippen MR) is 62.8 cm³/mol. The number of rotatable bonds is 4. The molecule has 15 heavy (non-hydrogen) atoms. The topological polar surface area (TPSA) is 49.4 Å². The molecule has 0 aromatic carbocycles. The van der Waals surface area contributed by atoms with E-state index >= 15 is 0 Å². The van der Waals surface area contributed by atoms with Crippen LogP contribution in [0.15, 0.2) is 0 Å². The maximum atomic E-state index is 11.5. The summed E-state index contributed by atoms with van der Waals surface area (Å²) in [6.07, 6.45) is 2.41. The minimum Gasteiger partial charge on any atom is -0.311 e. The molecule has 0 aromatic heterocycles. The van der Waals surface area contributed by atoms with Crippen molar-refractivity contribution >= 4 is 9.84 Å². The summed E-state index contributed by atoms with van der Waals surface area (Å²) in [5, 5.41) is 3.34. The van der Waals surface area contributed by atoms with Gasteiger partial charge in [0.2, 0.25) is 0 Å². The molecule has 0 radical (unpaired) electrons. The SMILES string of the molecule is CN1CCC(NCC(C)(C)S(C)(=O)=O)C1. The summed E-state index contributed by atoms with van der Waals surface area (Å²) >= 11 is 0. The molecule has 0 aliphatic carbocycles. The second kappa shape index (κ2) is 4.39. The zero-order valence-corrected chi connectivity index (χ0v) is 10.9. The average Bonchev–Trinajstić information content (AvgIpc) is 2.46. The Labute approximate surface area is 93.0 Å². The zero-order valence-electron chi connectivity index (χ0n) is 10.1. The maximum Gasteiger partial charge on any atom is 0.153 e. The maximum absolute atomic E-state index is 11.5. The fourth-order valence-corrected chi connectivity index (χ4v) is 1.97. The van der Waals surface area contributed by atoms with E-state index in [-0.39, 0.29) is 0 Å². The molecule has 4 nitrogen and oxygen atoms in total. The molecule has 90 valence electrons. The fraction of sp³-hybridized carbons (Fsp3) is 1.00. The van der Waals surface area contributed by atoms with Crippen LogP contribution in [0.3, 0.4) is 0 Å². The molecule has 1 saturated heterocycles. The van der Waals surface area contributed by atoms with Crippen molar-refractivity contribution in [3.8, 4) is 0 Å². The molecule has 1 unspecified atom stereocenters. The van der Waals surface area contributed by atoms with Gasteiger partial charge in [-0.15, -0.1) is 0 Å². The molecule has 1 atom stereocenters. The van der Waals surface area contributed by atoms with Crippen LogP contribution in [0.25, 0.3) is 0 Å². The second-order valence-electron chi connectivity index (χ2n) is 5.16. The highest BCUT2D eigenvalue weighted by molar-refractivity contribution is 7.92. The highest BCUT2D eigenvalue weighted by Gasteiger charge is 2.31.